The molecule has 0 aliphatic carbocycles. The third-order valence-corrected chi connectivity index (χ3v) is 2.57. The van der Waals surface area contributed by atoms with Crippen molar-refractivity contribution in [3.8, 4) is 11.8 Å². The van der Waals surface area contributed by atoms with Crippen LogP contribution in [0.15, 0.2) is 24.3 Å². The lowest BCUT2D eigenvalue weighted by molar-refractivity contribution is 0.229. The number of hydrogen-bond acceptors (Lipinski definition) is 3. The zero-order valence-corrected chi connectivity index (χ0v) is 8.65. The Labute approximate surface area is 89.9 Å². The summed E-state index contributed by atoms with van der Waals surface area (Å²) in [5, 5.41) is 8.55. The molecule has 0 atom stereocenters. The number of para-hydroxylation sites is 1. The van der Waals surface area contributed by atoms with E-state index in [9.17, 15) is 0 Å². The summed E-state index contributed by atoms with van der Waals surface area (Å²) in [4.78, 5) is 2.26. The molecular formula is C12H14N2O. The molecule has 0 spiro atoms. The molecule has 1 heterocycles. The summed E-state index contributed by atoms with van der Waals surface area (Å²) >= 11 is 0. The minimum absolute atomic E-state index is 0.585. The van der Waals surface area contributed by atoms with Crippen molar-refractivity contribution in [1.82, 2.24) is 4.90 Å². The zero-order chi connectivity index (χ0) is 10.5. The van der Waals surface area contributed by atoms with E-state index in [2.05, 4.69) is 17.0 Å². The molecule has 0 saturated heterocycles. The van der Waals surface area contributed by atoms with Gasteiger partial charge in [0.2, 0.25) is 0 Å². The lowest BCUT2D eigenvalue weighted by Crippen LogP contribution is -2.26. The Morgan fingerprint density at radius 2 is 2.27 bits per heavy atom. The Morgan fingerprint density at radius 3 is 3.13 bits per heavy atom. The van der Waals surface area contributed by atoms with Crippen LogP contribution in [0.3, 0.4) is 0 Å². The third-order valence-electron chi connectivity index (χ3n) is 2.57. The Bertz CT molecular complexity index is 370. The van der Waals surface area contributed by atoms with Gasteiger partial charge in [0.1, 0.15) is 12.4 Å². The molecule has 78 valence electrons. The van der Waals surface area contributed by atoms with E-state index in [-0.39, 0.29) is 0 Å². The second-order valence-corrected chi connectivity index (χ2v) is 3.64. The van der Waals surface area contributed by atoms with Gasteiger partial charge >= 0.3 is 0 Å². The van der Waals surface area contributed by atoms with Crippen LogP contribution in [0, 0.1) is 11.3 Å². The summed E-state index contributed by atoms with van der Waals surface area (Å²) in [7, 11) is 0. The molecule has 0 aromatic heterocycles. The highest BCUT2D eigenvalue weighted by molar-refractivity contribution is 5.33. The van der Waals surface area contributed by atoms with Gasteiger partial charge in [0, 0.05) is 31.6 Å². The molecule has 3 heteroatoms. The van der Waals surface area contributed by atoms with E-state index in [1.807, 2.05) is 18.2 Å². The minimum Gasteiger partial charge on any atom is -0.492 e. The number of benzene rings is 1. The van der Waals surface area contributed by atoms with E-state index in [0.717, 1.165) is 25.4 Å². The van der Waals surface area contributed by atoms with E-state index in [1.165, 1.54) is 5.56 Å². The van der Waals surface area contributed by atoms with Gasteiger partial charge in [-0.25, -0.2) is 0 Å². The maximum atomic E-state index is 8.55. The van der Waals surface area contributed by atoms with Crippen LogP contribution in [0.25, 0.3) is 0 Å². The van der Waals surface area contributed by atoms with Crippen molar-refractivity contribution in [1.29, 1.82) is 5.26 Å². The molecule has 1 aliphatic heterocycles. The van der Waals surface area contributed by atoms with Crippen LogP contribution in [0.1, 0.15) is 12.0 Å². The molecule has 0 unspecified atom stereocenters. The number of rotatable bonds is 2. The molecule has 0 amide bonds. The van der Waals surface area contributed by atoms with Crippen LogP contribution in [0.2, 0.25) is 0 Å². The normalized spacial score (nSPS) is 15.9. The molecule has 0 N–H and O–H groups in total. The molecule has 1 aromatic rings. The van der Waals surface area contributed by atoms with Gasteiger partial charge in [-0.15, -0.1) is 0 Å². The average Bonchev–Trinajstić information content (AvgIpc) is 2.47. The van der Waals surface area contributed by atoms with Crippen molar-refractivity contribution in [2.45, 2.75) is 13.0 Å². The fourth-order valence-electron chi connectivity index (χ4n) is 1.78. The highest BCUT2D eigenvalue weighted by Gasteiger charge is 2.13. The van der Waals surface area contributed by atoms with E-state index in [4.69, 9.17) is 10.00 Å². The van der Waals surface area contributed by atoms with Gasteiger partial charge in [0.15, 0.2) is 0 Å². The first-order chi connectivity index (χ1) is 7.40. The first-order valence-electron chi connectivity index (χ1n) is 5.20. The van der Waals surface area contributed by atoms with Crippen LogP contribution in [-0.4, -0.2) is 24.6 Å². The summed E-state index contributed by atoms with van der Waals surface area (Å²) in [6.45, 7) is 3.32. The summed E-state index contributed by atoms with van der Waals surface area (Å²) < 4.78 is 5.63. The zero-order valence-electron chi connectivity index (χ0n) is 8.65. The number of ether oxygens (including phenoxy) is 1. The Kier molecular flexibility index (Phi) is 3.21. The van der Waals surface area contributed by atoms with Crippen LogP contribution in [0.5, 0.6) is 5.75 Å². The SMILES string of the molecule is N#CCCN1CCOc2ccccc2C1. The van der Waals surface area contributed by atoms with Crippen LogP contribution in [-0.2, 0) is 6.54 Å². The number of hydrogen-bond donors (Lipinski definition) is 0. The number of fused-ring (bicyclic) bond motifs is 1. The topological polar surface area (TPSA) is 36.3 Å². The van der Waals surface area contributed by atoms with E-state index in [1.54, 1.807) is 0 Å². The average molecular weight is 202 g/mol. The van der Waals surface area contributed by atoms with Gasteiger partial charge < -0.3 is 4.74 Å². The fraction of sp³-hybridized carbons (Fsp3) is 0.417. The van der Waals surface area contributed by atoms with Crippen LogP contribution < -0.4 is 4.74 Å². The summed E-state index contributed by atoms with van der Waals surface area (Å²) in [6, 6.07) is 10.3. The van der Waals surface area contributed by atoms with Crippen LogP contribution in [0.4, 0.5) is 0 Å². The molecule has 0 fully saturated rings. The monoisotopic (exact) mass is 202 g/mol. The smallest absolute Gasteiger partial charge is 0.123 e. The lowest BCUT2D eigenvalue weighted by Gasteiger charge is -2.16. The van der Waals surface area contributed by atoms with Crippen molar-refractivity contribution < 1.29 is 4.74 Å². The first-order valence-corrected chi connectivity index (χ1v) is 5.20. The highest BCUT2D eigenvalue weighted by atomic mass is 16.5. The van der Waals surface area contributed by atoms with E-state index in [0.29, 0.717) is 13.0 Å². The molecule has 1 aliphatic rings. The fourth-order valence-corrected chi connectivity index (χ4v) is 1.78. The van der Waals surface area contributed by atoms with Crippen molar-refractivity contribution in [3.05, 3.63) is 29.8 Å². The van der Waals surface area contributed by atoms with Gasteiger partial charge in [0.05, 0.1) is 6.07 Å². The second kappa shape index (κ2) is 4.81. The summed E-state index contributed by atoms with van der Waals surface area (Å²) in [5.41, 5.74) is 1.22. The summed E-state index contributed by atoms with van der Waals surface area (Å²) in [5.74, 6) is 0.983. The van der Waals surface area contributed by atoms with Gasteiger partial charge in [-0.05, 0) is 6.07 Å². The number of nitriles is 1. The predicted molar refractivity (Wildman–Crippen MR) is 57.4 cm³/mol. The minimum atomic E-state index is 0.585. The summed E-state index contributed by atoms with van der Waals surface area (Å²) in [6.07, 6.45) is 0.585. The Morgan fingerprint density at radius 1 is 1.40 bits per heavy atom. The lowest BCUT2D eigenvalue weighted by atomic mass is 10.2. The molecule has 15 heavy (non-hydrogen) atoms. The maximum Gasteiger partial charge on any atom is 0.123 e. The van der Waals surface area contributed by atoms with Gasteiger partial charge in [-0.3, -0.25) is 4.90 Å². The molecule has 3 nitrogen and oxygen atoms in total. The maximum absolute atomic E-state index is 8.55. The van der Waals surface area contributed by atoms with Crippen LogP contribution >= 0.6 is 0 Å². The quantitative estimate of drug-likeness (QED) is 0.733. The van der Waals surface area contributed by atoms with Crippen molar-refractivity contribution in [2.75, 3.05) is 19.7 Å². The molecule has 0 radical (unpaired) electrons. The predicted octanol–water partition coefficient (Wildman–Crippen LogP) is 1.79. The first kappa shape index (κ1) is 10.0. The van der Waals surface area contributed by atoms with Crippen molar-refractivity contribution >= 4 is 0 Å². The number of nitrogens with zero attached hydrogens (tertiary/aromatic N) is 2. The third kappa shape index (κ3) is 2.48. The highest BCUT2D eigenvalue weighted by Crippen LogP contribution is 2.22. The van der Waals surface area contributed by atoms with E-state index < -0.39 is 0 Å². The van der Waals surface area contributed by atoms with Crippen molar-refractivity contribution in [3.63, 3.8) is 0 Å². The Hall–Kier alpha value is -1.53. The second-order valence-electron chi connectivity index (χ2n) is 3.64. The molecule has 1 aromatic carbocycles. The molecule has 0 saturated carbocycles. The largest absolute Gasteiger partial charge is 0.492 e. The van der Waals surface area contributed by atoms with E-state index >= 15 is 0 Å². The van der Waals surface area contributed by atoms with Gasteiger partial charge in [0.25, 0.3) is 0 Å². The Balaban J connectivity index is 2.08. The molecule has 0 bridgehead atoms. The molecular weight excluding hydrogens is 188 g/mol. The van der Waals surface area contributed by atoms with Gasteiger partial charge in [-0.1, -0.05) is 18.2 Å². The molecule has 2 rings (SSSR count). The standard InChI is InChI=1S/C12H14N2O/c13-6-3-7-14-8-9-15-12-5-2-1-4-11(12)10-14/h1-2,4-5H,3,7-10H2. The van der Waals surface area contributed by atoms with Crippen molar-refractivity contribution in [2.24, 2.45) is 0 Å². The van der Waals surface area contributed by atoms with Gasteiger partial charge in [-0.2, -0.15) is 5.26 Å².